The van der Waals surface area contributed by atoms with Crippen molar-refractivity contribution in [2.45, 2.75) is 39.2 Å². The average molecular weight is 271 g/mol. The molecule has 0 unspecified atom stereocenters. The van der Waals surface area contributed by atoms with Gasteiger partial charge < -0.3 is 15.8 Å². The summed E-state index contributed by atoms with van der Waals surface area (Å²) in [6.45, 7) is 8.73. The van der Waals surface area contributed by atoms with Gasteiger partial charge in [-0.3, -0.25) is 9.69 Å². The Kier molecular flexibility index (Phi) is 8.02. The molecule has 0 radical (unpaired) electrons. The summed E-state index contributed by atoms with van der Waals surface area (Å²) in [6.07, 6.45) is 3.36. The number of amides is 1. The summed E-state index contributed by atoms with van der Waals surface area (Å²) >= 11 is 0. The van der Waals surface area contributed by atoms with Crippen LogP contribution in [0.3, 0.4) is 0 Å². The molecule has 3 N–H and O–H groups in total. The van der Waals surface area contributed by atoms with Crippen LogP contribution in [0.15, 0.2) is 0 Å². The minimum atomic E-state index is 0.141. The van der Waals surface area contributed by atoms with Gasteiger partial charge in [0, 0.05) is 26.2 Å². The Balaban J connectivity index is 2.09. The van der Waals surface area contributed by atoms with Crippen LogP contribution in [-0.2, 0) is 9.53 Å². The molecule has 1 rings (SSSR count). The van der Waals surface area contributed by atoms with Crippen molar-refractivity contribution < 1.29 is 9.53 Å². The second-order valence-electron chi connectivity index (χ2n) is 5.67. The third kappa shape index (κ3) is 7.50. The van der Waals surface area contributed by atoms with Crippen LogP contribution in [0.2, 0.25) is 0 Å². The molecular weight excluding hydrogens is 242 g/mol. The number of nitrogens with one attached hydrogen (secondary N) is 1. The number of carbonyl (C=O) groups is 1. The van der Waals surface area contributed by atoms with Crippen LogP contribution in [0.4, 0.5) is 0 Å². The molecule has 5 heteroatoms. The standard InChI is InChI=1S/C14H29N3O2/c1-12(2)3-7-16-14(18)11-17-8-4-13(5-9-17)19-10-6-15/h12-13H,3-11,15H2,1-2H3,(H,16,18). The lowest BCUT2D eigenvalue weighted by Crippen LogP contribution is -2.43. The summed E-state index contributed by atoms with van der Waals surface area (Å²) in [4.78, 5) is 13.9. The minimum Gasteiger partial charge on any atom is -0.377 e. The van der Waals surface area contributed by atoms with E-state index >= 15 is 0 Å². The number of carbonyl (C=O) groups excluding carboxylic acids is 1. The zero-order valence-electron chi connectivity index (χ0n) is 12.4. The minimum absolute atomic E-state index is 0.141. The number of nitrogens with two attached hydrogens (primary N) is 1. The molecule has 0 aromatic rings. The van der Waals surface area contributed by atoms with Crippen LogP contribution in [-0.4, -0.2) is 56.2 Å². The van der Waals surface area contributed by atoms with Crippen LogP contribution >= 0.6 is 0 Å². The normalized spacial score (nSPS) is 17.9. The van der Waals surface area contributed by atoms with Gasteiger partial charge in [0.2, 0.25) is 5.91 Å². The zero-order chi connectivity index (χ0) is 14.1. The first-order chi connectivity index (χ1) is 9.11. The lowest BCUT2D eigenvalue weighted by atomic mass is 10.1. The first-order valence-electron chi connectivity index (χ1n) is 7.42. The Morgan fingerprint density at radius 3 is 2.68 bits per heavy atom. The number of hydrogen-bond donors (Lipinski definition) is 2. The second-order valence-corrected chi connectivity index (χ2v) is 5.67. The van der Waals surface area contributed by atoms with Crippen LogP contribution < -0.4 is 11.1 Å². The maximum absolute atomic E-state index is 11.7. The van der Waals surface area contributed by atoms with Gasteiger partial charge in [-0.15, -0.1) is 0 Å². The fourth-order valence-electron chi connectivity index (χ4n) is 2.23. The first kappa shape index (κ1) is 16.4. The SMILES string of the molecule is CC(C)CCNC(=O)CN1CCC(OCCN)CC1. The third-order valence-electron chi connectivity index (χ3n) is 3.42. The fraction of sp³-hybridized carbons (Fsp3) is 0.929. The summed E-state index contributed by atoms with van der Waals surface area (Å²) in [6, 6.07) is 0. The topological polar surface area (TPSA) is 67.6 Å². The van der Waals surface area contributed by atoms with E-state index in [1.54, 1.807) is 0 Å². The van der Waals surface area contributed by atoms with E-state index in [-0.39, 0.29) is 5.91 Å². The number of rotatable bonds is 8. The van der Waals surface area contributed by atoms with E-state index in [1.165, 1.54) is 0 Å². The Hall–Kier alpha value is -0.650. The molecule has 5 nitrogen and oxygen atoms in total. The molecule has 0 aromatic carbocycles. The highest BCUT2D eigenvalue weighted by atomic mass is 16.5. The number of nitrogens with zero attached hydrogens (tertiary/aromatic N) is 1. The molecule has 0 atom stereocenters. The van der Waals surface area contributed by atoms with Crippen molar-refractivity contribution in [3.63, 3.8) is 0 Å². The van der Waals surface area contributed by atoms with Gasteiger partial charge in [0.1, 0.15) is 0 Å². The first-order valence-corrected chi connectivity index (χ1v) is 7.42. The quantitative estimate of drug-likeness (QED) is 0.678. The highest BCUT2D eigenvalue weighted by Gasteiger charge is 2.20. The molecule has 1 aliphatic rings. The van der Waals surface area contributed by atoms with Crippen molar-refractivity contribution >= 4 is 5.91 Å². The lowest BCUT2D eigenvalue weighted by molar-refractivity contribution is -0.123. The smallest absolute Gasteiger partial charge is 0.234 e. The van der Waals surface area contributed by atoms with Crippen molar-refractivity contribution in [3.05, 3.63) is 0 Å². The van der Waals surface area contributed by atoms with Gasteiger partial charge in [0.15, 0.2) is 0 Å². The van der Waals surface area contributed by atoms with Crippen molar-refractivity contribution in [1.29, 1.82) is 0 Å². The molecule has 0 bridgehead atoms. The van der Waals surface area contributed by atoms with Gasteiger partial charge in [-0.25, -0.2) is 0 Å². The maximum atomic E-state index is 11.7. The summed E-state index contributed by atoms with van der Waals surface area (Å²) in [5, 5.41) is 2.98. The maximum Gasteiger partial charge on any atom is 0.234 e. The number of piperidine rings is 1. The number of likely N-dealkylation sites (tertiary alicyclic amines) is 1. The Labute approximate surface area is 116 Å². The van der Waals surface area contributed by atoms with E-state index in [9.17, 15) is 4.79 Å². The summed E-state index contributed by atoms with van der Waals surface area (Å²) < 4.78 is 5.62. The molecule has 112 valence electrons. The van der Waals surface area contributed by atoms with Crippen LogP contribution in [0.25, 0.3) is 0 Å². The molecule has 1 aliphatic heterocycles. The molecule has 19 heavy (non-hydrogen) atoms. The second kappa shape index (κ2) is 9.28. The predicted octanol–water partition coefficient (Wildman–Crippen LogP) is 0.588. The fourth-order valence-corrected chi connectivity index (χ4v) is 2.23. The monoisotopic (exact) mass is 271 g/mol. The zero-order valence-corrected chi connectivity index (χ0v) is 12.4. The number of ether oxygens (including phenoxy) is 1. The van der Waals surface area contributed by atoms with Gasteiger partial charge in [0.25, 0.3) is 0 Å². The molecular formula is C14H29N3O2. The lowest BCUT2D eigenvalue weighted by Gasteiger charge is -2.31. The predicted molar refractivity (Wildman–Crippen MR) is 76.9 cm³/mol. The van der Waals surface area contributed by atoms with Crippen LogP contribution in [0.1, 0.15) is 33.1 Å². The van der Waals surface area contributed by atoms with E-state index in [4.69, 9.17) is 10.5 Å². The molecule has 0 aromatic heterocycles. The van der Waals surface area contributed by atoms with Crippen LogP contribution in [0, 0.1) is 5.92 Å². The molecule has 1 fully saturated rings. The highest BCUT2D eigenvalue weighted by molar-refractivity contribution is 5.77. The molecule has 1 saturated heterocycles. The molecule has 0 saturated carbocycles. The van der Waals surface area contributed by atoms with Crippen molar-refractivity contribution in [1.82, 2.24) is 10.2 Å². The van der Waals surface area contributed by atoms with Crippen LogP contribution in [0.5, 0.6) is 0 Å². The van der Waals surface area contributed by atoms with E-state index in [2.05, 4.69) is 24.1 Å². The average Bonchev–Trinajstić information content (AvgIpc) is 2.37. The highest BCUT2D eigenvalue weighted by Crippen LogP contribution is 2.12. The van der Waals surface area contributed by atoms with E-state index in [1.807, 2.05) is 0 Å². The van der Waals surface area contributed by atoms with E-state index < -0.39 is 0 Å². The van der Waals surface area contributed by atoms with Gasteiger partial charge in [-0.2, -0.15) is 0 Å². The summed E-state index contributed by atoms with van der Waals surface area (Å²) in [5.41, 5.74) is 5.42. The molecule has 1 amide bonds. The van der Waals surface area contributed by atoms with Gasteiger partial charge in [-0.1, -0.05) is 13.8 Å². The van der Waals surface area contributed by atoms with E-state index in [0.717, 1.165) is 38.9 Å². The van der Waals surface area contributed by atoms with Gasteiger partial charge in [0.05, 0.1) is 19.3 Å². The van der Waals surface area contributed by atoms with E-state index in [0.29, 0.717) is 31.7 Å². The Morgan fingerprint density at radius 2 is 2.11 bits per heavy atom. The summed E-state index contributed by atoms with van der Waals surface area (Å²) in [7, 11) is 0. The Morgan fingerprint density at radius 1 is 1.42 bits per heavy atom. The van der Waals surface area contributed by atoms with Crippen molar-refractivity contribution in [2.24, 2.45) is 11.7 Å². The van der Waals surface area contributed by atoms with Gasteiger partial charge in [-0.05, 0) is 25.2 Å². The third-order valence-corrected chi connectivity index (χ3v) is 3.42. The largest absolute Gasteiger partial charge is 0.377 e. The van der Waals surface area contributed by atoms with Crippen molar-refractivity contribution in [2.75, 3.05) is 39.3 Å². The Bertz CT molecular complexity index is 251. The summed E-state index contributed by atoms with van der Waals surface area (Å²) in [5.74, 6) is 0.776. The molecule has 1 heterocycles. The van der Waals surface area contributed by atoms with Crippen molar-refractivity contribution in [3.8, 4) is 0 Å². The number of hydrogen-bond acceptors (Lipinski definition) is 4. The molecule has 0 aliphatic carbocycles. The van der Waals surface area contributed by atoms with Gasteiger partial charge >= 0.3 is 0 Å². The molecule has 0 spiro atoms.